The Labute approximate surface area is 504 Å². The molecule has 4 saturated heterocycles. The SMILES string of the molecule is C.COc1ncc(-c2nc(N3CCOCC3)nc3c(CN4CCN(C(C)=O)CC4)csc23)cc1NS(C)(=O)=O.COc1ncc(-c2nc(N3CCOCC3)nc3c(CN4CCNCC4)csc23)cc1NS(C)(=O)=O.O=C(OC(=O)C(F)(F)F)C(F)(F)F. The first kappa shape index (κ1) is 67.6. The lowest BCUT2D eigenvalue weighted by Gasteiger charge is -2.34. The minimum atomic E-state index is -5.62. The first-order valence-corrected chi connectivity index (χ1v) is 31.8. The van der Waals surface area contributed by atoms with Gasteiger partial charge in [-0.25, -0.2) is 56.3 Å². The van der Waals surface area contributed by atoms with Gasteiger partial charge in [0.05, 0.1) is 85.0 Å². The number of amides is 1. The van der Waals surface area contributed by atoms with Crippen LogP contribution in [0.4, 0.5) is 49.6 Å². The minimum absolute atomic E-state index is 0. The molecule has 6 aromatic heterocycles. The number of thiophene rings is 2. The number of aromatic nitrogens is 6. The summed E-state index contributed by atoms with van der Waals surface area (Å²) < 4.78 is 146. The second-order valence-electron chi connectivity index (χ2n) is 19.6. The molecule has 26 nitrogen and oxygen atoms in total. The zero-order chi connectivity index (χ0) is 62.1. The molecule has 36 heteroatoms. The number of carbonyl (C=O) groups is 3. The summed E-state index contributed by atoms with van der Waals surface area (Å²) in [5.41, 5.74) is 7.31. The maximum atomic E-state index is 12.0. The number of methoxy groups -OCH3 is 2. The summed E-state index contributed by atoms with van der Waals surface area (Å²) in [5, 5.41) is 7.66. The number of piperazine rings is 2. The summed E-state index contributed by atoms with van der Waals surface area (Å²) in [7, 11) is -4.18. The standard InChI is InChI=1S/C24H31N7O5S2.C22H29N7O4S2.C4F6O3.CH4/c1-16(32)30-6-4-29(5-7-30)14-18-15-37-22-20(26-24(27-21(18)22)31-8-10-36-11-9-31)17-12-19(28-38(3,33)34)23(35-2)25-13-17;1-32-21-17(27-35(2,30)31)11-15(12-24-21)18-20-19(26-22(25-18)29-7-9-33-10-8-29)16(14-34-20)13-28-5-3-23-4-6-28;5-3(6,7)1(11)13-2(12)4(8,9)10;/h12-13,15,28H,4-11,14H2,1-3H3;11-12,14,23,27H,3-10,13H2,1-2H3;;1H4. The first-order valence-electron chi connectivity index (χ1n) is 26.2. The third-order valence-corrected chi connectivity index (χ3v) is 16.5. The molecule has 0 aliphatic carbocycles. The van der Waals surface area contributed by atoms with Crippen LogP contribution in [-0.2, 0) is 61.7 Å². The number of sulfonamides is 2. The van der Waals surface area contributed by atoms with E-state index in [1.54, 1.807) is 54.1 Å². The highest BCUT2D eigenvalue weighted by Gasteiger charge is 2.49. The van der Waals surface area contributed by atoms with E-state index in [0.717, 1.165) is 90.0 Å². The van der Waals surface area contributed by atoms with Gasteiger partial charge in [-0.3, -0.25) is 24.0 Å². The Morgan fingerprint density at radius 3 is 1.37 bits per heavy atom. The van der Waals surface area contributed by atoms with Crippen molar-refractivity contribution in [3.8, 4) is 34.3 Å². The predicted molar refractivity (Wildman–Crippen MR) is 313 cm³/mol. The molecule has 10 heterocycles. The molecule has 87 heavy (non-hydrogen) atoms. The van der Waals surface area contributed by atoms with Crippen molar-refractivity contribution in [1.82, 2.24) is 49.9 Å². The summed E-state index contributed by atoms with van der Waals surface area (Å²) in [5.74, 6) is -4.67. The average Bonchev–Trinajstić information content (AvgIpc) is 1.77. The largest absolute Gasteiger partial charge is 0.491 e. The van der Waals surface area contributed by atoms with Crippen LogP contribution in [0, 0.1) is 0 Å². The van der Waals surface area contributed by atoms with Gasteiger partial charge in [0.15, 0.2) is 0 Å². The van der Waals surface area contributed by atoms with E-state index in [9.17, 15) is 57.6 Å². The van der Waals surface area contributed by atoms with Gasteiger partial charge in [-0.1, -0.05) is 7.43 Å². The summed E-state index contributed by atoms with van der Waals surface area (Å²) in [4.78, 5) is 70.5. The Hall–Kier alpha value is -6.93. The molecule has 10 rings (SSSR count). The molecule has 4 aliphatic rings. The molecule has 6 aromatic rings. The number of hydrogen-bond acceptors (Lipinski definition) is 25. The van der Waals surface area contributed by atoms with E-state index in [1.165, 1.54) is 19.8 Å². The number of nitrogens with one attached hydrogen (secondary N) is 3. The Morgan fingerprint density at radius 2 is 1.01 bits per heavy atom. The lowest BCUT2D eigenvalue weighted by atomic mass is 10.1. The van der Waals surface area contributed by atoms with Crippen molar-refractivity contribution >= 4 is 104 Å². The van der Waals surface area contributed by atoms with Crippen LogP contribution in [0.1, 0.15) is 25.5 Å². The fraction of sp³-hybridized carbons (Fsp3) is 0.510. The molecule has 3 N–H and O–H groups in total. The minimum Gasteiger partial charge on any atom is -0.480 e. The van der Waals surface area contributed by atoms with Crippen LogP contribution in [-0.4, -0.2) is 223 Å². The van der Waals surface area contributed by atoms with Crippen LogP contribution < -0.4 is 34.0 Å². The van der Waals surface area contributed by atoms with Gasteiger partial charge in [0.1, 0.15) is 11.4 Å². The van der Waals surface area contributed by atoms with Crippen molar-refractivity contribution in [3.05, 3.63) is 46.4 Å². The number of anilines is 4. The van der Waals surface area contributed by atoms with E-state index in [2.05, 4.69) is 59.8 Å². The molecule has 476 valence electrons. The van der Waals surface area contributed by atoms with Gasteiger partial charge in [-0.15, -0.1) is 22.7 Å². The number of carbonyl (C=O) groups excluding carboxylic acids is 3. The van der Waals surface area contributed by atoms with Gasteiger partial charge in [0.25, 0.3) is 0 Å². The van der Waals surface area contributed by atoms with Crippen LogP contribution in [0.2, 0.25) is 0 Å². The van der Waals surface area contributed by atoms with E-state index < -0.39 is 44.3 Å². The highest BCUT2D eigenvalue weighted by Crippen LogP contribution is 2.40. The monoisotopic (exact) mass is 1310 g/mol. The van der Waals surface area contributed by atoms with Crippen molar-refractivity contribution in [1.29, 1.82) is 0 Å². The number of ether oxygens (including phenoxy) is 5. The van der Waals surface area contributed by atoms with Crippen LogP contribution in [0.5, 0.6) is 11.8 Å². The number of pyridine rings is 2. The smallest absolute Gasteiger partial charge is 0.480 e. The highest BCUT2D eigenvalue weighted by molar-refractivity contribution is 7.92. The second kappa shape index (κ2) is 28.9. The zero-order valence-corrected chi connectivity index (χ0v) is 50.2. The maximum Gasteiger partial charge on any atom is 0.491 e. The lowest BCUT2D eigenvalue weighted by molar-refractivity contribution is -0.221. The molecule has 0 radical (unpaired) electrons. The van der Waals surface area contributed by atoms with Gasteiger partial charge in [-0.05, 0) is 22.9 Å². The van der Waals surface area contributed by atoms with Crippen LogP contribution in [0.25, 0.3) is 42.9 Å². The van der Waals surface area contributed by atoms with Gasteiger partial charge in [-0.2, -0.15) is 26.3 Å². The van der Waals surface area contributed by atoms with Gasteiger partial charge >= 0.3 is 24.3 Å². The Bertz CT molecular complexity index is 3610. The van der Waals surface area contributed by atoms with Crippen molar-refractivity contribution in [2.75, 3.05) is 151 Å². The number of esters is 2. The Balaban J connectivity index is 0.000000206. The highest BCUT2D eigenvalue weighted by atomic mass is 32.2. The summed E-state index contributed by atoms with van der Waals surface area (Å²) >= 11 is 3.16. The lowest BCUT2D eigenvalue weighted by Crippen LogP contribution is -2.47. The van der Waals surface area contributed by atoms with Gasteiger partial charge < -0.3 is 43.7 Å². The molecule has 0 saturated carbocycles. The van der Waals surface area contributed by atoms with E-state index in [4.69, 9.17) is 38.9 Å². The van der Waals surface area contributed by atoms with Crippen LogP contribution in [0.15, 0.2) is 35.3 Å². The van der Waals surface area contributed by atoms with Crippen molar-refractivity contribution in [2.24, 2.45) is 0 Å². The van der Waals surface area contributed by atoms with Crippen LogP contribution >= 0.6 is 22.7 Å². The topological polar surface area (TPSA) is 295 Å². The molecular formula is C51H64F6N14O12S4. The molecule has 0 spiro atoms. The Morgan fingerprint density at radius 1 is 0.621 bits per heavy atom. The van der Waals surface area contributed by atoms with Gasteiger partial charge in [0, 0.05) is 133 Å². The van der Waals surface area contributed by atoms with Crippen LogP contribution in [0.3, 0.4) is 0 Å². The number of hydrogen-bond donors (Lipinski definition) is 3. The molecule has 0 unspecified atom stereocenters. The fourth-order valence-electron chi connectivity index (χ4n) is 9.14. The molecule has 4 fully saturated rings. The quantitative estimate of drug-likeness (QED) is 0.0748. The number of halogens is 6. The van der Waals surface area contributed by atoms with E-state index in [1.807, 2.05) is 4.90 Å². The summed E-state index contributed by atoms with van der Waals surface area (Å²) in [6.45, 7) is 15.4. The van der Waals surface area contributed by atoms with E-state index in [-0.39, 0.29) is 36.5 Å². The maximum absolute atomic E-state index is 12.0. The van der Waals surface area contributed by atoms with Gasteiger partial charge in [0.2, 0.25) is 49.6 Å². The molecule has 0 aromatic carbocycles. The normalized spacial score (nSPS) is 16.4. The third kappa shape index (κ3) is 18.1. The Kier molecular flexibility index (Phi) is 22.5. The molecule has 0 atom stereocenters. The molecule has 1 amide bonds. The summed E-state index contributed by atoms with van der Waals surface area (Å²) in [6, 6.07) is 3.41. The average molecular weight is 1310 g/mol. The first-order chi connectivity index (χ1) is 40.7. The zero-order valence-electron chi connectivity index (χ0n) is 46.9. The fourth-order valence-corrected chi connectivity index (χ4v) is 12.3. The number of nitrogens with zero attached hydrogens (tertiary/aromatic N) is 11. The number of rotatable bonds is 14. The third-order valence-electron chi connectivity index (χ3n) is 13.2. The van der Waals surface area contributed by atoms with E-state index >= 15 is 0 Å². The predicted octanol–water partition coefficient (Wildman–Crippen LogP) is 4.83. The summed E-state index contributed by atoms with van der Waals surface area (Å²) in [6.07, 6.45) is -5.77. The number of morpholine rings is 2. The van der Waals surface area contributed by atoms with Crippen molar-refractivity contribution < 1.29 is 81.2 Å². The number of alkyl halides is 6. The molecule has 0 bridgehead atoms. The van der Waals surface area contributed by atoms with Crippen molar-refractivity contribution in [3.63, 3.8) is 0 Å². The van der Waals surface area contributed by atoms with Crippen molar-refractivity contribution in [2.45, 2.75) is 39.8 Å². The van der Waals surface area contributed by atoms with E-state index in [0.29, 0.717) is 101 Å². The molecule has 4 aliphatic heterocycles. The second-order valence-corrected chi connectivity index (χ2v) is 24.9. The number of fused-ring (bicyclic) bond motifs is 2. The molecular weight excluding hydrogens is 1240 g/mol.